The Hall–Kier alpha value is -2.75. The van der Waals surface area contributed by atoms with Crippen molar-refractivity contribution in [3.05, 3.63) is 53.1 Å². The number of aryl methyl sites for hydroxylation is 2. The second kappa shape index (κ2) is 9.48. The largest absolute Gasteiger partial charge is 0.379 e. The molecule has 0 saturated carbocycles. The third-order valence-corrected chi connectivity index (χ3v) is 8.73. The summed E-state index contributed by atoms with van der Waals surface area (Å²) in [5, 5.41) is 3.00. The molecule has 2 heterocycles. The third kappa shape index (κ3) is 4.47. The van der Waals surface area contributed by atoms with E-state index in [9.17, 15) is 18.0 Å². The molecule has 2 amide bonds. The molecule has 3 aliphatic rings. The van der Waals surface area contributed by atoms with Gasteiger partial charge in [-0.05, 0) is 73.1 Å². The smallest absolute Gasteiger partial charge is 0.244 e. The first-order chi connectivity index (χ1) is 16.4. The molecule has 0 spiro atoms. The molecule has 1 fully saturated rings. The summed E-state index contributed by atoms with van der Waals surface area (Å²) in [7, 11) is -3.63. The maximum atomic E-state index is 13.0. The third-order valence-electron chi connectivity index (χ3n) is 6.83. The number of carbonyl (C=O) groups is 2. The molecule has 34 heavy (non-hydrogen) atoms. The summed E-state index contributed by atoms with van der Waals surface area (Å²) in [5.74, 6) is -0.397. The fourth-order valence-electron chi connectivity index (χ4n) is 5.04. The number of rotatable bonds is 5. The van der Waals surface area contributed by atoms with Crippen LogP contribution in [0.25, 0.3) is 0 Å². The number of ether oxygens (including phenoxy) is 1. The highest BCUT2D eigenvalue weighted by molar-refractivity contribution is 7.89. The zero-order valence-corrected chi connectivity index (χ0v) is 19.9. The fourth-order valence-corrected chi connectivity index (χ4v) is 6.50. The van der Waals surface area contributed by atoms with Gasteiger partial charge in [-0.15, -0.1) is 0 Å². The summed E-state index contributed by atoms with van der Waals surface area (Å²) in [5.41, 5.74) is 4.64. The van der Waals surface area contributed by atoms with E-state index in [1.165, 1.54) is 26.4 Å². The summed E-state index contributed by atoms with van der Waals surface area (Å²) in [6.07, 6.45) is 4.91. The van der Waals surface area contributed by atoms with Crippen LogP contribution in [-0.2, 0) is 43.6 Å². The van der Waals surface area contributed by atoms with E-state index in [-0.39, 0.29) is 29.7 Å². The van der Waals surface area contributed by atoms with Crippen molar-refractivity contribution in [3.63, 3.8) is 0 Å². The fraction of sp³-hybridized carbons (Fsp3) is 0.440. The molecule has 1 N–H and O–H groups in total. The molecule has 180 valence electrons. The van der Waals surface area contributed by atoms with Crippen LogP contribution in [0.2, 0.25) is 0 Å². The maximum Gasteiger partial charge on any atom is 0.244 e. The van der Waals surface area contributed by atoms with Crippen LogP contribution < -0.4 is 10.2 Å². The van der Waals surface area contributed by atoms with E-state index in [1.54, 1.807) is 12.1 Å². The van der Waals surface area contributed by atoms with Crippen LogP contribution >= 0.6 is 0 Å². The van der Waals surface area contributed by atoms with Gasteiger partial charge in [0.05, 0.1) is 18.1 Å². The number of hydrogen-bond donors (Lipinski definition) is 1. The number of sulfonamides is 1. The Kier molecular flexibility index (Phi) is 6.42. The van der Waals surface area contributed by atoms with Gasteiger partial charge in [-0.3, -0.25) is 9.59 Å². The summed E-state index contributed by atoms with van der Waals surface area (Å²) in [6, 6.07) is 10.8. The number of hydrogen-bond acceptors (Lipinski definition) is 5. The first-order valence-corrected chi connectivity index (χ1v) is 13.3. The molecule has 1 aliphatic carbocycles. The molecule has 5 rings (SSSR count). The Morgan fingerprint density at radius 1 is 0.971 bits per heavy atom. The number of amides is 2. The normalized spacial score (nSPS) is 18.8. The predicted octanol–water partition coefficient (Wildman–Crippen LogP) is 2.50. The lowest BCUT2D eigenvalue weighted by molar-refractivity contribution is -0.121. The molecule has 0 bridgehead atoms. The lowest BCUT2D eigenvalue weighted by Gasteiger charge is -2.30. The van der Waals surface area contributed by atoms with Gasteiger partial charge in [-0.25, -0.2) is 8.42 Å². The summed E-state index contributed by atoms with van der Waals surface area (Å²) in [4.78, 5) is 27.3. The topological polar surface area (TPSA) is 96.0 Å². The van der Waals surface area contributed by atoms with Gasteiger partial charge in [0, 0.05) is 30.9 Å². The highest BCUT2D eigenvalue weighted by Gasteiger charge is 2.31. The van der Waals surface area contributed by atoms with Crippen molar-refractivity contribution < 1.29 is 22.7 Å². The van der Waals surface area contributed by atoms with Gasteiger partial charge >= 0.3 is 0 Å². The zero-order valence-electron chi connectivity index (χ0n) is 19.1. The molecule has 2 aromatic carbocycles. The van der Waals surface area contributed by atoms with Gasteiger partial charge in [0.25, 0.3) is 0 Å². The maximum absolute atomic E-state index is 13.0. The van der Waals surface area contributed by atoms with Crippen LogP contribution in [0.1, 0.15) is 36.0 Å². The predicted molar refractivity (Wildman–Crippen MR) is 128 cm³/mol. The molecule has 2 aliphatic heterocycles. The van der Waals surface area contributed by atoms with Crippen LogP contribution in [0.5, 0.6) is 0 Å². The van der Waals surface area contributed by atoms with E-state index in [0.717, 1.165) is 36.9 Å². The molecule has 8 nitrogen and oxygen atoms in total. The quantitative estimate of drug-likeness (QED) is 0.705. The van der Waals surface area contributed by atoms with E-state index in [4.69, 9.17) is 4.74 Å². The van der Waals surface area contributed by atoms with Crippen LogP contribution in [0, 0.1) is 0 Å². The second-order valence-electron chi connectivity index (χ2n) is 8.99. The Balaban J connectivity index is 1.35. The van der Waals surface area contributed by atoms with Crippen LogP contribution in [0.4, 0.5) is 11.4 Å². The molecule has 0 atom stereocenters. The SMILES string of the molecule is O=C(CN1C(=O)CCc2cc(S(=O)(=O)N3CCOCC3)ccc21)Nc1cccc2c1CCCC2. The van der Waals surface area contributed by atoms with Gasteiger partial charge in [0.15, 0.2) is 0 Å². The summed E-state index contributed by atoms with van der Waals surface area (Å²) < 4.78 is 32.8. The number of fused-ring (bicyclic) bond motifs is 2. The highest BCUT2D eigenvalue weighted by Crippen LogP contribution is 2.32. The molecular formula is C25H29N3O5S. The van der Waals surface area contributed by atoms with Crippen molar-refractivity contribution >= 4 is 33.2 Å². The van der Waals surface area contributed by atoms with E-state index >= 15 is 0 Å². The first kappa shape index (κ1) is 23.0. The van der Waals surface area contributed by atoms with Crippen LogP contribution in [0.15, 0.2) is 41.3 Å². The van der Waals surface area contributed by atoms with E-state index in [2.05, 4.69) is 11.4 Å². The number of nitrogens with one attached hydrogen (secondary N) is 1. The van der Waals surface area contributed by atoms with Gasteiger partial charge in [0.2, 0.25) is 21.8 Å². The molecule has 0 unspecified atom stereocenters. The van der Waals surface area contributed by atoms with E-state index < -0.39 is 10.0 Å². The Morgan fingerprint density at radius 2 is 1.76 bits per heavy atom. The minimum atomic E-state index is -3.63. The highest BCUT2D eigenvalue weighted by atomic mass is 32.2. The molecule has 0 aromatic heterocycles. The second-order valence-corrected chi connectivity index (χ2v) is 10.9. The van der Waals surface area contributed by atoms with E-state index in [0.29, 0.717) is 38.4 Å². The Bertz CT molecular complexity index is 1220. The van der Waals surface area contributed by atoms with Gasteiger partial charge in [-0.2, -0.15) is 4.31 Å². The lowest BCUT2D eigenvalue weighted by atomic mass is 9.90. The Morgan fingerprint density at radius 3 is 2.59 bits per heavy atom. The summed E-state index contributed by atoms with van der Waals surface area (Å²) in [6.45, 7) is 1.31. The van der Waals surface area contributed by atoms with Crippen molar-refractivity contribution in [2.24, 2.45) is 0 Å². The Labute approximate surface area is 199 Å². The number of nitrogens with zero attached hydrogens (tertiary/aromatic N) is 2. The van der Waals surface area contributed by atoms with Crippen molar-refractivity contribution in [3.8, 4) is 0 Å². The molecular weight excluding hydrogens is 454 g/mol. The monoisotopic (exact) mass is 483 g/mol. The molecule has 9 heteroatoms. The minimum absolute atomic E-state index is 0.106. The van der Waals surface area contributed by atoms with Crippen LogP contribution in [-0.4, -0.2) is 57.4 Å². The molecule has 2 aromatic rings. The van der Waals surface area contributed by atoms with Gasteiger partial charge < -0.3 is 15.0 Å². The average molecular weight is 484 g/mol. The van der Waals surface area contributed by atoms with Gasteiger partial charge in [0.1, 0.15) is 6.54 Å². The van der Waals surface area contributed by atoms with Crippen molar-refractivity contribution in [1.82, 2.24) is 4.31 Å². The zero-order chi connectivity index (χ0) is 23.7. The van der Waals surface area contributed by atoms with Crippen molar-refractivity contribution in [1.29, 1.82) is 0 Å². The number of benzene rings is 2. The number of carbonyl (C=O) groups excluding carboxylic acids is 2. The first-order valence-electron chi connectivity index (χ1n) is 11.9. The standard InChI is InChI=1S/C25H29N3O5S/c29-24(26-22-7-3-5-18-4-1-2-6-21(18)22)17-28-23-10-9-20(16-19(23)8-11-25(28)30)34(31,32)27-12-14-33-15-13-27/h3,5,7,9-10,16H,1-2,4,6,8,11-15,17H2,(H,26,29). The van der Waals surface area contributed by atoms with Crippen molar-refractivity contribution in [2.45, 2.75) is 43.4 Å². The molecule has 0 radical (unpaired) electrons. The number of anilines is 2. The van der Waals surface area contributed by atoms with E-state index in [1.807, 2.05) is 12.1 Å². The average Bonchev–Trinajstić information content (AvgIpc) is 2.86. The van der Waals surface area contributed by atoms with Gasteiger partial charge in [-0.1, -0.05) is 12.1 Å². The van der Waals surface area contributed by atoms with Crippen molar-refractivity contribution in [2.75, 3.05) is 43.1 Å². The minimum Gasteiger partial charge on any atom is -0.379 e. The number of morpholine rings is 1. The molecule has 1 saturated heterocycles. The van der Waals surface area contributed by atoms with Crippen LogP contribution in [0.3, 0.4) is 0 Å². The summed E-state index contributed by atoms with van der Waals surface area (Å²) >= 11 is 0. The lowest BCUT2D eigenvalue weighted by Crippen LogP contribution is -2.42.